The van der Waals surface area contributed by atoms with Gasteiger partial charge < -0.3 is 14.8 Å². The monoisotopic (exact) mass is 357 g/mol. The Hall–Kier alpha value is -2.90. The van der Waals surface area contributed by atoms with Crippen LogP contribution in [0.15, 0.2) is 35.5 Å². The number of hydrogen-bond donors (Lipinski definition) is 1. The van der Waals surface area contributed by atoms with Crippen LogP contribution in [0.4, 0.5) is 5.95 Å². The van der Waals surface area contributed by atoms with Crippen molar-refractivity contribution in [2.24, 2.45) is 0 Å². The van der Waals surface area contributed by atoms with Crippen LogP contribution in [0.1, 0.15) is 45.2 Å². The largest absolute Gasteiger partial charge is 0.494 e. The minimum absolute atomic E-state index is 0.364. The van der Waals surface area contributed by atoms with Crippen molar-refractivity contribution in [1.82, 2.24) is 20.2 Å². The predicted octanol–water partition coefficient (Wildman–Crippen LogP) is 2.70. The van der Waals surface area contributed by atoms with Gasteiger partial charge in [0, 0.05) is 5.70 Å². The van der Waals surface area contributed by atoms with Crippen LogP contribution in [-0.4, -0.2) is 39.4 Å². The van der Waals surface area contributed by atoms with E-state index in [0.29, 0.717) is 30.4 Å². The summed E-state index contributed by atoms with van der Waals surface area (Å²) in [5, 5.41) is 14.9. The molecule has 0 amide bonds. The van der Waals surface area contributed by atoms with Crippen LogP contribution in [-0.2, 0) is 9.53 Å². The summed E-state index contributed by atoms with van der Waals surface area (Å²) in [6.07, 6.45) is 1.78. The first-order valence-electron chi connectivity index (χ1n) is 8.81. The van der Waals surface area contributed by atoms with Crippen LogP contribution in [0.2, 0.25) is 0 Å². The lowest BCUT2D eigenvalue weighted by Gasteiger charge is -2.27. The van der Waals surface area contributed by atoms with Crippen molar-refractivity contribution in [1.29, 1.82) is 0 Å². The first-order chi connectivity index (χ1) is 12.7. The zero-order chi connectivity index (χ0) is 18.5. The third kappa shape index (κ3) is 3.54. The Balaban J connectivity index is 2.00. The molecular weight excluding hydrogens is 334 g/mol. The lowest BCUT2D eigenvalue weighted by atomic mass is 9.95. The molecule has 1 aromatic heterocycles. The van der Waals surface area contributed by atoms with Crippen molar-refractivity contribution in [2.75, 3.05) is 18.5 Å². The van der Waals surface area contributed by atoms with E-state index in [1.807, 2.05) is 38.1 Å². The van der Waals surface area contributed by atoms with E-state index in [2.05, 4.69) is 27.8 Å². The maximum absolute atomic E-state index is 12.8. The number of allylic oxidation sites excluding steroid dienone is 1. The second kappa shape index (κ2) is 7.99. The van der Waals surface area contributed by atoms with Crippen LogP contribution in [0.25, 0.3) is 0 Å². The molecule has 2 aromatic rings. The van der Waals surface area contributed by atoms with Gasteiger partial charge in [0.25, 0.3) is 0 Å². The van der Waals surface area contributed by atoms with E-state index in [-0.39, 0.29) is 5.97 Å². The number of carbonyl (C=O) groups excluding carboxylic acids is 1. The van der Waals surface area contributed by atoms with E-state index in [4.69, 9.17) is 9.47 Å². The highest BCUT2D eigenvalue weighted by molar-refractivity contribution is 5.92. The molecule has 8 nitrogen and oxygen atoms in total. The Morgan fingerprint density at radius 1 is 1.35 bits per heavy atom. The summed E-state index contributed by atoms with van der Waals surface area (Å²) in [6.45, 7) is 6.76. The number of hydrogen-bond acceptors (Lipinski definition) is 7. The molecular formula is C18H23N5O3. The number of tetrazole rings is 1. The zero-order valence-corrected chi connectivity index (χ0v) is 15.2. The number of anilines is 1. The number of rotatable bonds is 7. The highest BCUT2D eigenvalue weighted by Crippen LogP contribution is 2.36. The van der Waals surface area contributed by atoms with E-state index >= 15 is 0 Å². The molecule has 1 atom stereocenters. The number of aromatic nitrogens is 4. The molecule has 0 saturated heterocycles. The van der Waals surface area contributed by atoms with Gasteiger partial charge in [-0.1, -0.05) is 30.6 Å². The number of fused-ring (bicyclic) bond motifs is 1. The number of ether oxygens (including phenoxy) is 2. The molecule has 26 heavy (non-hydrogen) atoms. The van der Waals surface area contributed by atoms with Gasteiger partial charge in [0.2, 0.25) is 5.95 Å². The van der Waals surface area contributed by atoms with Crippen LogP contribution < -0.4 is 10.1 Å². The van der Waals surface area contributed by atoms with E-state index in [9.17, 15) is 4.79 Å². The molecule has 1 unspecified atom stereocenters. The van der Waals surface area contributed by atoms with Crippen molar-refractivity contribution >= 4 is 11.9 Å². The summed E-state index contributed by atoms with van der Waals surface area (Å²) in [7, 11) is 0. The van der Waals surface area contributed by atoms with Crippen LogP contribution in [0.5, 0.6) is 5.75 Å². The van der Waals surface area contributed by atoms with Crippen molar-refractivity contribution in [3.63, 3.8) is 0 Å². The first kappa shape index (κ1) is 17.9. The van der Waals surface area contributed by atoms with Gasteiger partial charge in [-0.2, -0.15) is 4.68 Å². The molecule has 0 radical (unpaired) electrons. The van der Waals surface area contributed by atoms with Gasteiger partial charge in [-0.05, 0) is 48.4 Å². The number of esters is 1. The molecule has 8 heteroatoms. The summed E-state index contributed by atoms with van der Waals surface area (Å²) in [5.74, 6) is 0.852. The van der Waals surface area contributed by atoms with E-state index < -0.39 is 6.04 Å². The predicted molar refractivity (Wildman–Crippen MR) is 95.8 cm³/mol. The fourth-order valence-electron chi connectivity index (χ4n) is 2.91. The van der Waals surface area contributed by atoms with Gasteiger partial charge in [-0.15, -0.1) is 0 Å². The number of nitrogens with one attached hydrogen (secondary N) is 1. The van der Waals surface area contributed by atoms with Crippen molar-refractivity contribution in [2.45, 2.75) is 39.7 Å². The molecule has 0 saturated carbocycles. The van der Waals surface area contributed by atoms with E-state index in [1.54, 1.807) is 4.68 Å². The lowest BCUT2D eigenvalue weighted by molar-refractivity contribution is -0.139. The molecule has 0 spiro atoms. The average Bonchev–Trinajstić information content (AvgIpc) is 3.09. The van der Waals surface area contributed by atoms with Gasteiger partial charge in [0.15, 0.2) is 0 Å². The van der Waals surface area contributed by atoms with Crippen LogP contribution in [0.3, 0.4) is 0 Å². The van der Waals surface area contributed by atoms with Crippen molar-refractivity contribution in [3.05, 3.63) is 41.1 Å². The van der Waals surface area contributed by atoms with Gasteiger partial charge in [-0.3, -0.25) is 0 Å². The molecule has 3 rings (SSSR count). The Kier molecular flexibility index (Phi) is 5.50. The summed E-state index contributed by atoms with van der Waals surface area (Å²) in [4.78, 5) is 12.8. The molecule has 1 N–H and O–H groups in total. The molecule has 2 heterocycles. The molecule has 0 fully saturated rings. The Labute approximate surface area is 152 Å². The SMILES string of the molecule is CCCCOC(=O)C1=C(C)Nc2nnnn2C1c1cccc(OCC)c1. The zero-order valence-electron chi connectivity index (χ0n) is 15.2. The Morgan fingerprint density at radius 2 is 2.19 bits per heavy atom. The molecule has 138 valence electrons. The fourth-order valence-corrected chi connectivity index (χ4v) is 2.91. The topological polar surface area (TPSA) is 91.2 Å². The summed E-state index contributed by atoms with van der Waals surface area (Å²) < 4.78 is 12.7. The fraction of sp³-hybridized carbons (Fsp3) is 0.444. The summed E-state index contributed by atoms with van der Waals surface area (Å²) in [5.41, 5.74) is 2.03. The highest BCUT2D eigenvalue weighted by atomic mass is 16.5. The number of carbonyl (C=O) groups is 1. The standard InChI is InChI=1S/C18H23N5O3/c1-4-6-10-26-17(24)15-12(3)19-18-20-21-22-23(18)16(15)13-8-7-9-14(11-13)25-5-2/h7-9,11,16H,4-6,10H2,1-3H3,(H,19,20,22). The van der Waals surface area contributed by atoms with Gasteiger partial charge in [0.1, 0.15) is 11.8 Å². The number of benzene rings is 1. The van der Waals surface area contributed by atoms with Crippen molar-refractivity contribution < 1.29 is 14.3 Å². The maximum atomic E-state index is 12.8. The second-order valence-corrected chi connectivity index (χ2v) is 6.01. The van der Waals surface area contributed by atoms with Crippen LogP contribution >= 0.6 is 0 Å². The summed E-state index contributed by atoms with van der Waals surface area (Å²) in [6, 6.07) is 7.12. The molecule has 0 aliphatic carbocycles. The van der Waals surface area contributed by atoms with Gasteiger partial charge >= 0.3 is 5.97 Å². The second-order valence-electron chi connectivity index (χ2n) is 6.01. The normalized spacial score (nSPS) is 16.0. The Bertz CT molecular complexity index is 815. The van der Waals surface area contributed by atoms with E-state index in [0.717, 1.165) is 24.2 Å². The van der Waals surface area contributed by atoms with Crippen LogP contribution in [0, 0.1) is 0 Å². The minimum atomic E-state index is -0.476. The maximum Gasteiger partial charge on any atom is 0.338 e. The van der Waals surface area contributed by atoms with E-state index in [1.165, 1.54) is 0 Å². The van der Waals surface area contributed by atoms with Gasteiger partial charge in [-0.25, -0.2) is 4.79 Å². The average molecular weight is 357 g/mol. The first-order valence-corrected chi connectivity index (χ1v) is 8.81. The molecule has 1 aliphatic rings. The molecule has 1 aromatic carbocycles. The molecule has 0 bridgehead atoms. The van der Waals surface area contributed by atoms with Crippen molar-refractivity contribution in [3.8, 4) is 5.75 Å². The third-order valence-electron chi connectivity index (χ3n) is 4.15. The lowest BCUT2D eigenvalue weighted by Crippen LogP contribution is -2.29. The molecule has 1 aliphatic heterocycles. The number of unbranched alkanes of at least 4 members (excludes halogenated alkanes) is 1. The minimum Gasteiger partial charge on any atom is -0.494 e. The smallest absolute Gasteiger partial charge is 0.338 e. The highest BCUT2D eigenvalue weighted by Gasteiger charge is 2.35. The summed E-state index contributed by atoms with van der Waals surface area (Å²) >= 11 is 0. The quantitative estimate of drug-likeness (QED) is 0.602. The van der Waals surface area contributed by atoms with Gasteiger partial charge in [0.05, 0.1) is 18.8 Å². The number of nitrogens with zero attached hydrogens (tertiary/aromatic N) is 4. The Morgan fingerprint density at radius 3 is 2.96 bits per heavy atom. The third-order valence-corrected chi connectivity index (χ3v) is 4.15.